The zero-order chi connectivity index (χ0) is 29.9. The standard InChI is InChI=1S/C32H42N2O7/c1-21-9-8-12-24(35)11-7-5-6-10-23-19-27(36)30(31(38)29(23)32(39)41-21)26(20-28(37)33-17-18-34(2)3)22-13-15-25(40-4)16-14-22/h6,10,13-16,19,21,26,36,38H,5,7-9,11-12,17-18,20H2,1-4H3,(H,33,37). The van der Waals surface area contributed by atoms with E-state index in [1.165, 1.54) is 6.07 Å². The van der Waals surface area contributed by atoms with Gasteiger partial charge in [0.1, 0.15) is 28.6 Å². The fourth-order valence-electron chi connectivity index (χ4n) is 4.92. The lowest BCUT2D eigenvalue weighted by Gasteiger charge is -2.23. The van der Waals surface area contributed by atoms with E-state index >= 15 is 0 Å². The van der Waals surface area contributed by atoms with E-state index in [0.29, 0.717) is 68.5 Å². The number of cyclic esters (lactones) is 1. The first kappa shape index (κ1) is 31.7. The summed E-state index contributed by atoms with van der Waals surface area (Å²) in [5.41, 5.74) is 0.956. The minimum absolute atomic E-state index is 0.0689. The van der Waals surface area contributed by atoms with E-state index in [1.54, 1.807) is 44.4 Å². The van der Waals surface area contributed by atoms with Gasteiger partial charge in [0.15, 0.2) is 0 Å². The molecule has 0 radical (unpaired) electrons. The number of esters is 1. The summed E-state index contributed by atoms with van der Waals surface area (Å²) in [4.78, 5) is 40.5. The predicted molar refractivity (Wildman–Crippen MR) is 157 cm³/mol. The molecule has 0 bridgehead atoms. The average Bonchev–Trinajstić information content (AvgIpc) is 2.91. The van der Waals surface area contributed by atoms with Crippen LogP contribution in [-0.2, 0) is 14.3 Å². The van der Waals surface area contributed by atoms with E-state index in [-0.39, 0.29) is 35.0 Å². The van der Waals surface area contributed by atoms with Crippen molar-refractivity contribution in [2.45, 2.75) is 63.9 Å². The van der Waals surface area contributed by atoms with E-state index in [2.05, 4.69) is 5.32 Å². The van der Waals surface area contributed by atoms with E-state index in [9.17, 15) is 24.6 Å². The topological polar surface area (TPSA) is 125 Å². The number of carbonyl (C=O) groups is 3. The molecule has 9 nitrogen and oxygen atoms in total. The molecule has 9 heteroatoms. The number of methoxy groups -OCH3 is 1. The number of hydrogen-bond acceptors (Lipinski definition) is 8. The number of hydrogen-bond donors (Lipinski definition) is 3. The Kier molecular flexibility index (Phi) is 11.8. The number of amides is 1. The maximum Gasteiger partial charge on any atom is 0.342 e. The lowest BCUT2D eigenvalue weighted by Crippen LogP contribution is -2.32. The van der Waals surface area contributed by atoms with Gasteiger partial charge < -0.3 is 29.9 Å². The lowest BCUT2D eigenvalue weighted by molar-refractivity contribution is -0.121. The van der Waals surface area contributed by atoms with Crippen molar-refractivity contribution in [1.29, 1.82) is 0 Å². The predicted octanol–water partition coefficient (Wildman–Crippen LogP) is 4.79. The number of nitrogens with one attached hydrogen (secondary N) is 1. The van der Waals surface area contributed by atoms with Crippen molar-refractivity contribution in [2.24, 2.45) is 0 Å². The summed E-state index contributed by atoms with van der Waals surface area (Å²) in [6.07, 6.45) is 6.20. The number of rotatable bonds is 8. The number of nitrogens with zero attached hydrogens (tertiary/aromatic N) is 1. The third kappa shape index (κ3) is 9.08. The SMILES string of the molecule is COc1ccc(C(CC(=O)NCCN(C)C)c2c(O)cc3c(c2O)C(=O)OC(C)CCCC(=O)CCCC=C3)cc1. The van der Waals surface area contributed by atoms with Crippen molar-refractivity contribution in [2.75, 3.05) is 34.3 Å². The Bertz CT molecular complexity index is 1240. The summed E-state index contributed by atoms with van der Waals surface area (Å²) in [7, 11) is 5.37. The van der Waals surface area contributed by atoms with Gasteiger partial charge in [-0.15, -0.1) is 0 Å². The summed E-state index contributed by atoms with van der Waals surface area (Å²) in [6, 6.07) is 8.43. The number of aromatic hydroxyl groups is 2. The molecule has 0 aliphatic carbocycles. The highest BCUT2D eigenvalue weighted by molar-refractivity contribution is 5.98. The fraction of sp³-hybridized carbons (Fsp3) is 0.469. The highest BCUT2D eigenvalue weighted by atomic mass is 16.5. The second-order valence-electron chi connectivity index (χ2n) is 10.7. The van der Waals surface area contributed by atoms with Gasteiger partial charge in [0.2, 0.25) is 5.91 Å². The van der Waals surface area contributed by atoms with Gasteiger partial charge >= 0.3 is 5.97 Å². The molecule has 3 N–H and O–H groups in total. The zero-order valence-electron chi connectivity index (χ0n) is 24.4. The largest absolute Gasteiger partial charge is 0.507 e. The maximum atomic E-state index is 13.4. The Morgan fingerprint density at radius 1 is 1.15 bits per heavy atom. The molecule has 222 valence electrons. The zero-order valence-corrected chi connectivity index (χ0v) is 24.4. The quantitative estimate of drug-likeness (QED) is 0.390. The van der Waals surface area contributed by atoms with E-state index in [0.717, 1.165) is 0 Å². The first-order valence-electron chi connectivity index (χ1n) is 14.1. The molecular weight excluding hydrogens is 524 g/mol. The number of fused-ring (bicyclic) bond motifs is 1. The number of Topliss-reactive ketones (excluding diaryl/α,β-unsaturated/α-hetero) is 1. The number of benzene rings is 2. The summed E-state index contributed by atoms with van der Waals surface area (Å²) in [5, 5.41) is 25.7. The number of phenols is 2. The van der Waals surface area contributed by atoms with Crippen LogP contribution in [0.15, 0.2) is 36.4 Å². The van der Waals surface area contributed by atoms with Crippen molar-refractivity contribution < 1.29 is 34.1 Å². The summed E-state index contributed by atoms with van der Waals surface area (Å²) >= 11 is 0. The molecule has 41 heavy (non-hydrogen) atoms. The highest BCUT2D eigenvalue weighted by Crippen LogP contribution is 2.44. The molecule has 3 rings (SSSR count). The van der Waals surface area contributed by atoms with Gasteiger partial charge in [-0.05, 0) is 76.0 Å². The third-order valence-corrected chi connectivity index (χ3v) is 7.19. The van der Waals surface area contributed by atoms with E-state index in [4.69, 9.17) is 9.47 Å². The number of likely N-dealkylation sites (N-methyl/N-ethyl adjacent to an activating group) is 1. The van der Waals surface area contributed by atoms with Crippen LogP contribution in [0.2, 0.25) is 0 Å². The third-order valence-electron chi connectivity index (χ3n) is 7.19. The van der Waals surface area contributed by atoms with Crippen LogP contribution in [0.4, 0.5) is 0 Å². The molecule has 1 heterocycles. The summed E-state index contributed by atoms with van der Waals surface area (Å²) in [6.45, 7) is 2.84. The van der Waals surface area contributed by atoms with Gasteiger partial charge in [0.05, 0.1) is 13.2 Å². The Labute approximate surface area is 242 Å². The van der Waals surface area contributed by atoms with Gasteiger partial charge in [-0.2, -0.15) is 0 Å². The van der Waals surface area contributed by atoms with Crippen molar-refractivity contribution in [3.8, 4) is 17.2 Å². The van der Waals surface area contributed by atoms with Crippen molar-refractivity contribution in [1.82, 2.24) is 10.2 Å². The van der Waals surface area contributed by atoms with Crippen molar-refractivity contribution in [3.05, 3.63) is 58.7 Å². The molecule has 2 aromatic carbocycles. The molecule has 1 aliphatic rings. The maximum absolute atomic E-state index is 13.4. The molecule has 2 aromatic rings. The molecule has 1 aliphatic heterocycles. The molecule has 0 fully saturated rings. The van der Waals surface area contributed by atoms with Crippen LogP contribution in [0.1, 0.15) is 84.8 Å². The second-order valence-corrected chi connectivity index (χ2v) is 10.7. The summed E-state index contributed by atoms with van der Waals surface area (Å²) in [5.74, 6) is -1.63. The first-order valence-corrected chi connectivity index (χ1v) is 14.1. The number of allylic oxidation sites excluding steroid dienone is 1. The van der Waals surface area contributed by atoms with Crippen LogP contribution < -0.4 is 10.1 Å². The molecule has 0 saturated carbocycles. The number of carbonyl (C=O) groups excluding carboxylic acids is 3. The Hall–Kier alpha value is -3.85. The molecule has 1 amide bonds. The van der Waals surface area contributed by atoms with Crippen LogP contribution in [0.3, 0.4) is 0 Å². The van der Waals surface area contributed by atoms with Gasteiger partial charge in [0, 0.05) is 43.8 Å². The Morgan fingerprint density at radius 2 is 1.85 bits per heavy atom. The van der Waals surface area contributed by atoms with Crippen LogP contribution in [0.25, 0.3) is 6.08 Å². The average molecular weight is 567 g/mol. The van der Waals surface area contributed by atoms with Crippen molar-refractivity contribution in [3.63, 3.8) is 0 Å². The Balaban J connectivity index is 2.08. The number of phenolic OH excluding ortho intramolecular Hbond substituents is 2. The monoisotopic (exact) mass is 566 g/mol. The van der Waals surface area contributed by atoms with Crippen molar-refractivity contribution >= 4 is 23.7 Å². The van der Waals surface area contributed by atoms with Crippen LogP contribution in [-0.4, -0.2) is 73.2 Å². The number of ketones is 1. The van der Waals surface area contributed by atoms with Crippen LogP contribution in [0.5, 0.6) is 17.2 Å². The fourth-order valence-corrected chi connectivity index (χ4v) is 4.92. The minimum atomic E-state index is -0.765. The van der Waals surface area contributed by atoms with Crippen LogP contribution >= 0.6 is 0 Å². The Morgan fingerprint density at radius 3 is 2.54 bits per heavy atom. The summed E-state index contributed by atoms with van der Waals surface area (Å²) < 4.78 is 11.0. The highest BCUT2D eigenvalue weighted by Gasteiger charge is 2.31. The van der Waals surface area contributed by atoms with Gasteiger partial charge in [-0.1, -0.05) is 24.3 Å². The van der Waals surface area contributed by atoms with Crippen LogP contribution in [0, 0.1) is 0 Å². The van der Waals surface area contributed by atoms with E-state index in [1.807, 2.05) is 25.1 Å². The van der Waals surface area contributed by atoms with Gasteiger partial charge in [-0.3, -0.25) is 9.59 Å². The molecule has 2 unspecified atom stereocenters. The lowest BCUT2D eigenvalue weighted by atomic mass is 9.84. The van der Waals surface area contributed by atoms with E-state index < -0.39 is 23.7 Å². The smallest absolute Gasteiger partial charge is 0.342 e. The normalized spacial score (nSPS) is 17.3. The minimum Gasteiger partial charge on any atom is -0.507 e. The number of ether oxygens (including phenoxy) is 2. The molecule has 0 saturated heterocycles. The molecule has 0 spiro atoms. The first-order chi connectivity index (χ1) is 19.6. The van der Waals surface area contributed by atoms with Gasteiger partial charge in [0.25, 0.3) is 0 Å². The van der Waals surface area contributed by atoms with Gasteiger partial charge in [-0.25, -0.2) is 4.79 Å². The molecule has 2 atom stereocenters. The molecule has 0 aromatic heterocycles. The molecular formula is C32H42N2O7. The second kappa shape index (κ2) is 15.2.